The largest absolute Gasteiger partial charge is 0.324 e. The summed E-state index contributed by atoms with van der Waals surface area (Å²) in [6.07, 6.45) is 0.719. The molecule has 4 nitrogen and oxygen atoms in total. The van der Waals surface area contributed by atoms with Crippen molar-refractivity contribution in [3.8, 4) is 0 Å². The number of amides is 1. The normalized spacial score (nSPS) is 15.9. The van der Waals surface area contributed by atoms with Gasteiger partial charge >= 0.3 is 0 Å². The Morgan fingerprint density at radius 1 is 1.09 bits per heavy atom. The van der Waals surface area contributed by atoms with Crippen LogP contribution in [0.15, 0.2) is 53.4 Å². The molecule has 1 N–H and O–H groups in total. The fourth-order valence-electron chi connectivity index (χ4n) is 2.47. The van der Waals surface area contributed by atoms with Crippen molar-refractivity contribution < 1.29 is 13.2 Å². The van der Waals surface area contributed by atoms with Crippen LogP contribution in [0.4, 0.5) is 5.69 Å². The van der Waals surface area contributed by atoms with Gasteiger partial charge in [0.25, 0.3) is 0 Å². The number of anilines is 1. The average molecular weight is 441 g/mol. The minimum absolute atomic E-state index is 0.207. The maximum absolute atomic E-state index is 12.9. The molecule has 0 aromatic heterocycles. The van der Waals surface area contributed by atoms with Gasteiger partial charge in [-0.25, -0.2) is 8.42 Å². The van der Waals surface area contributed by atoms with E-state index in [1.807, 2.05) is 25.1 Å². The first kappa shape index (κ1) is 16.4. The highest BCUT2D eigenvalue weighted by molar-refractivity contribution is 14.1. The number of halogens is 1. The van der Waals surface area contributed by atoms with E-state index in [2.05, 4.69) is 27.9 Å². The van der Waals surface area contributed by atoms with Gasteiger partial charge in [-0.05, 0) is 66.6 Å². The van der Waals surface area contributed by atoms with Crippen LogP contribution in [-0.2, 0) is 14.6 Å². The summed E-state index contributed by atoms with van der Waals surface area (Å²) < 4.78 is 25.3. The van der Waals surface area contributed by atoms with Gasteiger partial charge in [-0.1, -0.05) is 29.8 Å². The lowest BCUT2D eigenvalue weighted by Gasteiger charge is -2.17. The first-order valence-electron chi connectivity index (χ1n) is 7.24. The molecule has 0 heterocycles. The predicted octanol–water partition coefficient (Wildman–Crippen LogP) is 3.54. The molecular formula is C17H16INO3S. The Morgan fingerprint density at radius 3 is 2.26 bits per heavy atom. The van der Waals surface area contributed by atoms with Gasteiger partial charge in [0.05, 0.1) is 10.6 Å². The fourth-order valence-corrected chi connectivity index (χ4v) is 4.88. The summed E-state index contributed by atoms with van der Waals surface area (Å²) in [5.74, 6) is -0.442. The third-order valence-corrected chi connectivity index (χ3v) is 7.54. The number of rotatable bonds is 4. The van der Waals surface area contributed by atoms with Crippen LogP contribution >= 0.6 is 22.6 Å². The second kappa shape index (κ2) is 5.90. The molecule has 0 bridgehead atoms. The summed E-state index contributed by atoms with van der Waals surface area (Å²) in [6, 6.07) is 14.0. The Labute approximate surface area is 149 Å². The molecule has 23 heavy (non-hydrogen) atoms. The summed E-state index contributed by atoms with van der Waals surface area (Å²) in [5.41, 5.74) is 1.63. The summed E-state index contributed by atoms with van der Waals surface area (Å²) in [7, 11) is -3.69. The molecule has 0 atom stereocenters. The lowest BCUT2D eigenvalue weighted by Crippen LogP contribution is -2.37. The van der Waals surface area contributed by atoms with E-state index < -0.39 is 20.5 Å². The summed E-state index contributed by atoms with van der Waals surface area (Å²) >= 11 is 2.11. The predicted molar refractivity (Wildman–Crippen MR) is 98.1 cm³/mol. The molecule has 1 saturated carbocycles. The van der Waals surface area contributed by atoms with Gasteiger partial charge in [-0.15, -0.1) is 0 Å². The number of para-hydroxylation sites is 1. The summed E-state index contributed by atoms with van der Waals surface area (Å²) in [6.45, 7) is 1.90. The van der Waals surface area contributed by atoms with Crippen molar-refractivity contribution in [3.63, 3.8) is 0 Å². The Kier molecular flexibility index (Phi) is 4.22. The number of hydrogen-bond acceptors (Lipinski definition) is 3. The zero-order valence-electron chi connectivity index (χ0n) is 12.5. The monoisotopic (exact) mass is 441 g/mol. The maximum atomic E-state index is 12.9. The molecule has 1 amide bonds. The van der Waals surface area contributed by atoms with Crippen molar-refractivity contribution in [1.29, 1.82) is 0 Å². The molecule has 0 spiro atoms. The molecule has 2 aromatic carbocycles. The molecule has 1 aliphatic carbocycles. The highest BCUT2D eigenvalue weighted by atomic mass is 127. The minimum atomic E-state index is -3.69. The van der Waals surface area contributed by atoms with E-state index in [0.29, 0.717) is 18.5 Å². The standard InChI is InChI=1S/C17H16INO3S/c1-12-6-8-13(9-7-12)23(21,22)17(10-11-17)16(20)19-15-5-3-2-4-14(15)18/h2-9H,10-11H2,1H3,(H,19,20). The van der Waals surface area contributed by atoms with Gasteiger partial charge in [0.2, 0.25) is 5.91 Å². The first-order valence-corrected chi connectivity index (χ1v) is 9.80. The highest BCUT2D eigenvalue weighted by Gasteiger charge is 2.61. The van der Waals surface area contributed by atoms with Crippen LogP contribution in [0, 0.1) is 10.5 Å². The summed E-state index contributed by atoms with van der Waals surface area (Å²) in [4.78, 5) is 12.8. The molecular weight excluding hydrogens is 425 g/mol. The third-order valence-electron chi connectivity index (χ3n) is 4.09. The van der Waals surface area contributed by atoms with Crippen molar-refractivity contribution in [1.82, 2.24) is 0 Å². The van der Waals surface area contributed by atoms with Crippen LogP contribution in [0.5, 0.6) is 0 Å². The quantitative estimate of drug-likeness (QED) is 0.739. The van der Waals surface area contributed by atoms with E-state index in [1.54, 1.807) is 30.3 Å². The number of aryl methyl sites for hydroxylation is 1. The molecule has 0 unspecified atom stereocenters. The van der Waals surface area contributed by atoms with Crippen LogP contribution in [0.2, 0.25) is 0 Å². The lowest BCUT2D eigenvalue weighted by atomic mass is 10.2. The summed E-state index contributed by atoms with van der Waals surface area (Å²) in [5, 5.41) is 2.77. The van der Waals surface area contributed by atoms with Crippen LogP contribution in [0.25, 0.3) is 0 Å². The van der Waals surface area contributed by atoms with Gasteiger partial charge in [0, 0.05) is 3.57 Å². The van der Waals surface area contributed by atoms with Crippen LogP contribution in [0.1, 0.15) is 18.4 Å². The number of benzene rings is 2. The minimum Gasteiger partial charge on any atom is -0.324 e. The highest BCUT2D eigenvalue weighted by Crippen LogP contribution is 2.47. The molecule has 3 rings (SSSR count). The average Bonchev–Trinajstić information content (AvgIpc) is 3.32. The molecule has 0 saturated heterocycles. The number of hydrogen-bond donors (Lipinski definition) is 1. The number of nitrogens with one attached hydrogen (secondary N) is 1. The van der Waals surface area contributed by atoms with Crippen molar-refractivity contribution >= 4 is 44.0 Å². The van der Waals surface area contributed by atoms with E-state index in [0.717, 1.165) is 9.13 Å². The zero-order chi connectivity index (χ0) is 16.7. The molecule has 6 heteroatoms. The maximum Gasteiger partial charge on any atom is 0.246 e. The van der Waals surface area contributed by atoms with Gasteiger partial charge in [0.1, 0.15) is 0 Å². The van der Waals surface area contributed by atoms with Crippen LogP contribution < -0.4 is 5.32 Å². The van der Waals surface area contributed by atoms with Crippen molar-refractivity contribution in [2.45, 2.75) is 29.4 Å². The second-order valence-corrected chi connectivity index (χ2v) is 9.17. The Morgan fingerprint density at radius 2 is 1.70 bits per heavy atom. The first-order chi connectivity index (χ1) is 10.9. The van der Waals surface area contributed by atoms with Gasteiger partial charge in [-0.3, -0.25) is 4.79 Å². The van der Waals surface area contributed by atoms with E-state index in [9.17, 15) is 13.2 Å². The smallest absolute Gasteiger partial charge is 0.246 e. The van der Waals surface area contributed by atoms with Gasteiger partial charge in [-0.2, -0.15) is 0 Å². The van der Waals surface area contributed by atoms with E-state index in [4.69, 9.17) is 0 Å². The number of carbonyl (C=O) groups is 1. The number of carbonyl (C=O) groups excluding carboxylic acids is 1. The van der Waals surface area contributed by atoms with E-state index >= 15 is 0 Å². The van der Waals surface area contributed by atoms with Crippen molar-refractivity contribution in [2.24, 2.45) is 0 Å². The molecule has 1 aliphatic rings. The third kappa shape index (κ3) is 2.89. The lowest BCUT2D eigenvalue weighted by molar-refractivity contribution is -0.116. The Bertz CT molecular complexity index is 856. The number of sulfone groups is 1. The topological polar surface area (TPSA) is 63.2 Å². The van der Waals surface area contributed by atoms with Crippen molar-refractivity contribution in [3.05, 3.63) is 57.7 Å². The van der Waals surface area contributed by atoms with Crippen LogP contribution in [0.3, 0.4) is 0 Å². The molecule has 1 fully saturated rings. The Balaban J connectivity index is 1.91. The van der Waals surface area contributed by atoms with Crippen molar-refractivity contribution in [2.75, 3.05) is 5.32 Å². The molecule has 120 valence electrons. The van der Waals surface area contributed by atoms with E-state index in [1.165, 1.54) is 0 Å². The second-order valence-electron chi connectivity index (χ2n) is 5.74. The van der Waals surface area contributed by atoms with Gasteiger partial charge in [0.15, 0.2) is 14.6 Å². The molecule has 0 radical (unpaired) electrons. The zero-order valence-corrected chi connectivity index (χ0v) is 15.5. The molecule has 0 aliphatic heterocycles. The van der Waals surface area contributed by atoms with E-state index in [-0.39, 0.29) is 4.90 Å². The van der Waals surface area contributed by atoms with Crippen LogP contribution in [-0.4, -0.2) is 19.1 Å². The van der Waals surface area contributed by atoms with Gasteiger partial charge < -0.3 is 5.32 Å². The molecule has 2 aromatic rings. The SMILES string of the molecule is Cc1ccc(S(=O)(=O)C2(C(=O)Nc3ccccc3I)CC2)cc1. The Hall–Kier alpha value is -1.41. The fraction of sp³-hybridized carbons (Fsp3) is 0.235.